The van der Waals surface area contributed by atoms with Gasteiger partial charge in [-0.1, -0.05) is 30.3 Å². The number of hydrogen-bond acceptors (Lipinski definition) is 6. The van der Waals surface area contributed by atoms with Crippen LogP contribution in [0.15, 0.2) is 30.3 Å². The fraction of sp³-hybridized carbons (Fsp3) is 0.500. The van der Waals surface area contributed by atoms with Crippen LogP contribution in [-0.4, -0.2) is 42.9 Å². The van der Waals surface area contributed by atoms with Gasteiger partial charge in [0, 0.05) is 0 Å². The van der Waals surface area contributed by atoms with Crippen molar-refractivity contribution >= 4 is 18.0 Å². The first-order valence-corrected chi connectivity index (χ1v) is 8.11. The van der Waals surface area contributed by atoms with Crippen LogP contribution in [0.5, 0.6) is 0 Å². The molecule has 1 fully saturated rings. The normalized spacial score (nSPS) is 21.9. The van der Waals surface area contributed by atoms with Crippen LogP contribution in [0.4, 0.5) is 4.79 Å². The molecular formula is C18H23NO6. The number of carbonyl (C=O) groups excluding carboxylic acids is 3. The summed E-state index contributed by atoms with van der Waals surface area (Å²) in [5.41, 5.74) is 0.0250. The number of esters is 2. The molecule has 1 heterocycles. The van der Waals surface area contributed by atoms with Gasteiger partial charge >= 0.3 is 18.0 Å². The summed E-state index contributed by atoms with van der Waals surface area (Å²) < 4.78 is 15.6. The van der Waals surface area contributed by atoms with Crippen LogP contribution >= 0.6 is 0 Å². The van der Waals surface area contributed by atoms with Gasteiger partial charge in [-0.05, 0) is 26.3 Å². The SMILES string of the molecule is CC(C)(C)OC(=O)NC1COC(=O)CC(c2ccccc2)C(=O)OC1. The lowest BCUT2D eigenvalue weighted by Crippen LogP contribution is -2.44. The number of carbonyl (C=O) groups is 3. The van der Waals surface area contributed by atoms with Gasteiger partial charge in [-0.15, -0.1) is 0 Å². The molecule has 0 aliphatic carbocycles. The lowest BCUT2D eigenvalue weighted by Gasteiger charge is -2.23. The average Bonchev–Trinajstić information content (AvgIpc) is 2.59. The number of benzene rings is 1. The lowest BCUT2D eigenvalue weighted by molar-refractivity contribution is -0.149. The number of amides is 1. The van der Waals surface area contributed by atoms with Gasteiger partial charge in [-0.3, -0.25) is 9.59 Å². The second-order valence-electron chi connectivity index (χ2n) is 6.82. The van der Waals surface area contributed by atoms with Crippen LogP contribution < -0.4 is 5.32 Å². The van der Waals surface area contributed by atoms with Gasteiger partial charge in [0.1, 0.15) is 24.9 Å². The van der Waals surface area contributed by atoms with E-state index in [9.17, 15) is 14.4 Å². The quantitative estimate of drug-likeness (QED) is 0.650. The van der Waals surface area contributed by atoms with E-state index >= 15 is 0 Å². The number of alkyl carbamates (subject to hydrolysis) is 1. The second kappa shape index (κ2) is 8.00. The summed E-state index contributed by atoms with van der Waals surface area (Å²) in [6.07, 6.45) is -0.773. The molecule has 1 aliphatic heterocycles. The fourth-order valence-corrected chi connectivity index (χ4v) is 2.33. The fourth-order valence-electron chi connectivity index (χ4n) is 2.33. The molecule has 1 amide bonds. The van der Waals surface area contributed by atoms with Crippen LogP contribution in [0, 0.1) is 0 Å². The van der Waals surface area contributed by atoms with E-state index in [0.717, 1.165) is 0 Å². The summed E-state index contributed by atoms with van der Waals surface area (Å²) in [7, 11) is 0. The van der Waals surface area contributed by atoms with Crippen molar-refractivity contribution in [1.82, 2.24) is 5.32 Å². The van der Waals surface area contributed by atoms with E-state index < -0.39 is 35.6 Å². The molecule has 1 aromatic carbocycles. The molecule has 7 nitrogen and oxygen atoms in total. The van der Waals surface area contributed by atoms with E-state index in [-0.39, 0.29) is 19.6 Å². The summed E-state index contributed by atoms with van der Waals surface area (Å²) in [4.78, 5) is 36.2. The molecular weight excluding hydrogens is 326 g/mol. The highest BCUT2D eigenvalue weighted by Crippen LogP contribution is 2.23. The molecule has 136 valence electrons. The molecule has 2 rings (SSSR count). The van der Waals surface area contributed by atoms with Crippen molar-refractivity contribution < 1.29 is 28.6 Å². The van der Waals surface area contributed by atoms with Crippen LogP contribution in [-0.2, 0) is 23.8 Å². The highest BCUT2D eigenvalue weighted by atomic mass is 16.6. The summed E-state index contributed by atoms with van der Waals surface area (Å²) in [5.74, 6) is -1.78. The zero-order valence-corrected chi connectivity index (χ0v) is 14.6. The standard InChI is InChI=1S/C18H23NO6/c1-18(2,3)25-17(22)19-13-10-23-15(20)9-14(16(21)24-11-13)12-7-5-4-6-8-12/h4-8,13-14H,9-11H2,1-3H3,(H,19,22). The monoisotopic (exact) mass is 349 g/mol. The summed E-state index contributed by atoms with van der Waals surface area (Å²) in [5, 5.41) is 2.55. The van der Waals surface area contributed by atoms with Crippen molar-refractivity contribution in [2.24, 2.45) is 0 Å². The predicted octanol–water partition coefficient (Wildman–Crippen LogP) is 2.15. The molecule has 2 unspecified atom stereocenters. The Morgan fingerprint density at radius 1 is 1.12 bits per heavy atom. The Kier molecular flexibility index (Phi) is 6.01. The molecule has 7 heteroatoms. The van der Waals surface area contributed by atoms with Crippen molar-refractivity contribution in [3.63, 3.8) is 0 Å². The summed E-state index contributed by atoms with van der Waals surface area (Å²) in [6.45, 7) is 5.02. The van der Waals surface area contributed by atoms with E-state index in [4.69, 9.17) is 14.2 Å². The summed E-state index contributed by atoms with van der Waals surface area (Å²) >= 11 is 0. The van der Waals surface area contributed by atoms with E-state index in [1.54, 1.807) is 45.0 Å². The second-order valence-corrected chi connectivity index (χ2v) is 6.82. The molecule has 0 aromatic heterocycles. The first-order valence-electron chi connectivity index (χ1n) is 8.11. The van der Waals surface area contributed by atoms with Crippen molar-refractivity contribution in [2.75, 3.05) is 13.2 Å². The van der Waals surface area contributed by atoms with Crippen molar-refractivity contribution in [3.8, 4) is 0 Å². The molecule has 1 aliphatic rings. The van der Waals surface area contributed by atoms with Crippen LogP contribution in [0.1, 0.15) is 38.7 Å². The average molecular weight is 349 g/mol. The van der Waals surface area contributed by atoms with E-state index in [0.29, 0.717) is 5.56 Å². The minimum Gasteiger partial charge on any atom is -0.463 e. The maximum absolute atomic E-state index is 12.4. The zero-order valence-electron chi connectivity index (χ0n) is 14.6. The Morgan fingerprint density at radius 3 is 2.40 bits per heavy atom. The Labute approximate surface area is 146 Å². The van der Waals surface area contributed by atoms with Gasteiger partial charge in [-0.25, -0.2) is 4.79 Å². The molecule has 0 radical (unpaired) electrons. The number of cyclic esters (lactones) is 2. The molecule has 1 N–H and O–H groups in total. The topological polar surface area (TPSA) is 90.9 Å². The molecule has 0 bridgehead atoms. The third-order valence-electron chi connectivity index (χ3n) is 3.45. The van der Waals surface area contributed by atoms with E-state index in [2.05, 4.69) is 5.32 Å². The smallest absolute Gasteiger partial charge is 0.408 e. The number of nitrogens with one attached hydrogen (secondary N) is 1. The Balaban J connectivity index is 2.04. The molecule has 0 saturated carbocycles. The Morgan fingerprint density at radius 2 is 1.76 bits per heavy atom. The number of hydrogen-bond donors (Lipinski definition) is 1. The van der Waals surface area contributed by atoms with Crippen LogP contribution in [0.3, 0.4) is 0 Å². The zero-order chi connectivity index (χ0) is 18.4. The van der Waals surface area contributed by atoms with Crippen molar-refractivity contribution in [2.45, 2.75) is 44.8 Å². The maximum Gasteiger partial charge on any atom is 0.408 e. The molecule has 1 aromatic rings. The van der Waals surface area contributed by atoms with E-state index in [1.807, 2.05) is 6.07 Å². The van der Waals surface area contributed by atoms with Crippen molar-refractivity contribution in [1.29, 1.82) is 0 Å². The highest BCUT2D eigenvalue weighted by molar-refractivity contribution is 5.84. The third kappa shape index (κ3) is 6.10. The predicted molar refractivity (Wildman–Crippen MR) is 88.9 cm³/mol. The van der Waals surface area contributed by atoms with Gasteiger partial charge in [0.15, 0.2) is 0 Å². The minimum atomic E-state index is -0.728. The minimum absolute atomic E-state index is 0.0904. The number of rotatable bonds is 2. The van der Waals surface area contributed by atoms with Crippen LogP contribution in [0.2, 0.25) is 0 Å². The number of ether oxygens (including phenoxy) is 3. The highest BCUT2D eigenvalue weighted by Gasteiger charge is 2.30. The van der Waals surface area contributed by atoms with Gasteiger partial charge in [0.25, 0.3) is 0 Å². The maximum atomic E-state index is 12.4. The molecule has 0 spiro atoms. The van der Waals surface area contributed by atoms with Gasteiger partial charge < -0.3 is 19.5 Å². The molecule has 25 heavy (non-hydrogen) atoms. The van der Waals surface area contributed by atoms with Gasteiger partial charge in [0.2, 0.25) is 0 Å². The Bertz CT molecular complexity index is 622. The summed E-state index contributed by atoms with van der Waals surface area (Å²) in [6, 6.07) is 8.24. The van der Waals surface area contributed by atoms with Crippen LogP contribution in [0.25, 0.3) is 0 Å². The van der Waals surface area contributed by atoms with Crippen molar-refractivity contribution in [3.05, 3.63) is 35.9 Å². The van der Waals surface area contributed by atoms with Gasteiger partial charge in [0.05, 0.1) is 12.3 Å². The molecule has 2 atom stereocenters. The molecule has 1 saturated heterocycles. The van der Waals surface area contributed by atoms with Gasteiger partial charge in [-0.2, -0.15) is 0 Å². The Hall–Kier alpha value is -2.57. The van der Waals surface area contributed by atoms with E-state index in [1.165, 1.54) is 0 Å². The largest absolute Gasteiger partial charge is 0.463 e. The lowest BCUT2D eigenvalue weighted by atomic mass is 9.96. The third-order valence-corrected chi connectivity index (χ3v) is 3.45. The first kappa shape index (κ1) is 18.8. The first-order chi connectivity index (χ1) is 11.7.